The highest BCUT2D eigenvalue weighted by Gasteiger charge is 2.42. The molecule has 0 amide bonds. The highest BCUT2D eigenvalue weighted by Crippen LogP contribution is 2.38. The first-order valence-electron chi connectivity index (χ1n) is 12.5. The molecule has 0 aromatic carbocycles. The van der Waals surface area contributed by atoms with Gasteiger partial charge in [0.25, 0.3) is 5.89 Å². The quantitative estimate of drug-likeness (QED) is 0.655. The summed E-state index contributed by atoms with van der Waals surface area (Å²) in [7, 11) is 1.88. The summed E-state index contributed by atoms with van der Waals surface area (Å²) < 4.78 is 11.7. The maximum atomic E-state index is 6.17. The van der Waals surface area contributed by atoms with Crippen molar-refractivity contribution >= 4 is 5.82 Å². The van der Waals surface area contributed by atoms with Gasteiger partial charge in [-0.05, 0) is 57.6 Å². The number of anilines is 1. The van der Waals surface area contributed by atoms with Crippen molar-refractivity contribution in [1.82, 2.24) is 20.0 Å². The van der Waals surface area contributed by atoms with Crippen LogP contribution in [0.4, 0.5) is 5.82 Å². The number of aromatic nitrogens is 3. The van der Waals surface area contributed by atoms with E-state index in [0.717, 1.165) is 48.5 Å². The van der Waals surface area contributed by atoms with Crippen LogP contribution in [-0.4, -0.2) is 64.5 Å². The van der Waals surface area contributed by atoms with Crippen LogP contribution in [0.3, 0.4) is 0 Å². The summed E-state index contributed by atoms with van der Waals surface area (Å²) in [6, 6.07) is 4.07. The Kier molecular flexibility index (Phi) is 6.47. The van der Waals surface area contributed by atoms with Crippen molar-refractivity contribution < 1.29 is 9.26 Å². The Labute approximate surface area is 191 Å². The second-order valence-corrected chi connectivity index (χ2v) is 9.93. The lowest BCUT2D eigenvalue weighted by molar-refractivity contribution is -0.0320. The van der Waals surface area contributed by atoms with Gasteiger partial charge in [-0.3, -0.25) is 4.90 Å². The van der Waals surface area contributed by atoms with Crippen molar-refractivity contribution in [3.05, 3.63) is 23.7 Å². The highest BCUT2D eigenvalue weighted by atomic mass is 16.5. The normalized spacial score (nSPS) is 25.3. The predicted octanol–water partition coefficient (Wildman–Crippen LogP) is 4.53. The smallest absolute Gasteiger partial charge is 0.261 e. The van der Waals surface area contributed by atoms with Crippen molar-refractivity contribution in [1.29, 1.82) is 0 Å². The average molecular weight is 440 g/mol. The number of nitrogens with zero attached hydrogens (tertiary/aromatic N) is 5. The second kappa shape index (κ2) is 9.48. The fraction of sp³-hybridized carbons (Fsp3) is 0.720. The zero-order chi connectivity index (χ0) is 22.1. The third kappa shape index (κ3) is 4.29. The molecule has 0 N–H and O–H groups in total. The number of pyridine rings is 1. The second-order valence-electron chi connectivity index (χ2n) is 9.93. The summed E-state index contributed by atoms with van der Waals surface area (Å²) in [5, 5.41) is 4.00. The van der Waals surface area contributed by atoms with Crippen molar-refractivity contribution in [2.45, 2.75) is 95.9 Å². The molecule has 0 bridgehead atoms. The minimum atomic E-state index is 0.172. The van der Waals surface area contributed by atoms with Gasteiger partial charge in [-0.2, -0.15) is 4.98 Å². The average Bonchev–Trinajstić information content (AvgIpc) is 3.58. The van der Waals surface area contributed by atoms with Crippen LogP contribution in [0.1, 0.15) is 69.2 Å². The SMILES string of the molecule is CO[C@H]1CN(c2ncc(C)cc2-c2nc(C)no2)CC[C@H]1N(C1CCCC1)C1CCCC1. The van der Waals surface area contributed by atoms with Gasteiger partial charge in [0.05, 0.1) is 11.7 Å². The van der Waals surface area contributed by atoms with E-state index < -0.39 is 0 Å². The van der Waals surface area contributed by atoms with E-state index in [-0.39, 0.29) is 6.10 Å². The fourth-order valence-electron chi connectivity index (χ4n) is 6.29. The minimum absolute atomic E-state index is 0.172. The molecule has 2 atom stereocenters. The van der Waals surface area contributed by atoms with Gasteiger partial charge in [-0.1, -0.05) is 30.8 Å². The molecule has 5 rings (SSSR count). The van der Waals surface area contributed by atoms with Gasteiger partial charge < -0.3 is 14.2 Å². The summed E-state index contributed by atoms with van der Waals surface area (Å²) in [5.74, 6) is 2.11. The third-order valence-corrected chi connectivity index (χ3v) is 7.76. The molecule has 0 unspecified atom stereocenters. The zero-order valence-corrected chi connectivity index (χ0v) is 19.8. The van der Waals surface area contributed by atoms with Crippen molar-refractivity contribution in [2.24, 2.45) is 0 Å². The molecule has 3 aliphatic rings. The topological polar surface area (TPSA) is 67.5 Å². The molecule has 1 aliphatic heterocycles. The molecule has 0 radical (unpaired) electrons. The van der Waals surface area contributed by atoms with Gasteiger partial charge in [0, 0.05) is 44.5 Å². The van der Waals surface area contributed by atoms with Gasteiger partial charge >= 0.3 is 0 Å². The molecular weight excluding hydrogens is 402 g/mol. The first-order chi connectivity index (χ1) is 15.6. The Morgan fingerprint density at radius 3 is 2.31 bits per heavy atom. The lowest BCUT2D eigenvalue weighted by Gasteiger charge is -2.48. The number of hydrogen-bond donors (Lipinski definition) is 0. The van der Waals surface area contributed by atoms with Crippen LogP contribution >= 0.6 is 0 Å². The van der Waals surface area contributed by atoms with Crippen molar-refractivity contribution in [2.75, 3.05) is 25.1 Å². The first kappa shape index (κ1) is 21.8. The zero-order valence-electron chi connectivity index (χ0n) is 19.8. The number of rotatable bonds is 6. The molecule has 7 nitrogen and oxygen atoms in total. The maximum absolute atomic E-state index is 6.17. The Morgan fingerprint density at radius 1 is 1.03 bits per heavy atom. The number of hydrogen-bond acceptors (Lipinski definition) is 7. The van der Waals surface area contributed by atoms with E-state index in [9.17, 15) is 0 Å². The summed E-state index contributed by atoms with van der Waals surface area (Å²) >= 11 is 0. The van der Waals surface area contributed by atoms with Crippen LogP contribution in [0.15, 0.2) is 16.8 Å². The van der Waals surface area contributed by atoms with E-state index in [4.69, 9.17) is 14.2 Å². The third-order valence-electron chi connectivity index (χ3n) is 7.76. The van der Waals surface area contributed by atoms with E-state index in [2.05, 4.69) is 32.9 Å². The number of piperidine rings is 1. The molecule has 32 heavy (non-hydrogen) atoms. The van der Waals surface area contributed by atoms with E-state index in [0.29, 0.717) is 17.8 Å². The van der Waals surface area contributed by atoms with E-state index >= 15 is 0 Å². The molecule has 2 aromatic heterocycles. The molecule has 2 saturated carbocycles. The first-order valence-corrected chi connectivity index (χ1v) is 12.5. The molecular formula is C25H37N5O2. The lowest BCUT2D eigenvalue weighted by Crippen LogP contribution is -2.59. The van der Waals surface area contributed by atoms with Crippen LogP contribution in [0, 0.1) is 13.8 Å². The summed E-state index contributed by atoms with van der Waals surface area (Å²) in [5.41, 5.74) is 2.01. The summed E-state index contributed by atoms with van der Waals surface area (Å²) in [6.45, 7) is 5.71. The lowest BCUT2D eigenvalue weighted by atomic mass is 9.94. The van der Waals surface area contributed by atoms with Crippen LogP contribution in [0.2, 0.25) is 0 Å². The fourth-order valence-corrected chi connectivity index (χ4v) is 6.29. The molecule has 174 valence electrons. The Morgan fingerprint density at radius 2 is 1.72 bits per heavy atom. The van der Waals surface area contributed by atoms with Gasteiger partial charge in [0.2, 0.25) is 0 Å². The molecule has 2 aromatic rings. The molecule has 7 heteroatoms. The van der Waals surface area contributed by atoms with E-state index in [1.54, 1.807) is 0 Å². The van der Waals surface area contributed by atoms with Gasteiger partial charge in [-0.25, -0.2) is 4.98 Å². The summed E-state index contributed by atoms with van der Waals surface area (Å²) in [4.78, 5) is 14.6. The van der Waals surface area contributed by atoms with Crippen LogP contribution in [-0.2, 0) is 4.74 Å². The Bertz CT molecular complexity index is 887. The number of ether oxygens (including phenoxy) is 1. The van der Waals surface area contributed by atoms with E-state index in [1.807, 2.05) is 20.2 Å². The minimum Gasteiger partial charge on any atom is -0.378 e. The largest absolute Gasteiger partial charge is 0.378 e. The Hall–Kier alpha value is -1.99. The monoisotopic (exact) mass is 439 g/mol. The number of methoxy groups -OCH3 is 1. The van der Waals surface area contributed by atoms with Crippen LogP contribution in [0.5, 0.6) is 0 Å². The van der Waals surface area contributed by atoms with Crippen LogP contribution < -0.4 is 4.90 Å². The molecule has 0 spiro atoms. The molecule has 3 fully saturated rings. The maximum Gasteiger partial charge on any atom is 0.261 e. The predicted molar refractivity (Wildman–Crippen MR) is 125 cm³/mol. The number of aryl methyl sites for hydroxylation is 2. The standard InChI is InChI=1S/C25H37N5O2/c1-17-14-21(25-27-18(2)28-32-25)24(26-15-17)29-13-12-22(23(16-29)31-3)30(19-8-4-5-9-19)20-10-6-7-11-20/h14-15,19-20,22-23H,4-13,16H2,1-3H3/t22-,23+/m1/s1. The van der Waals surface area contributed by atoms with Crippen molar-refractivity contribution in [3.63, 3.8) is 0 Å². The van der Waals surface area contributed by atoms with Gasteiger partial charge in [0.1, 0.15) is 5.82 Å². The van der Waals surface area contributed by atoms with Gasteiger partial charge in [0.15, 0.2) is 5.82 Å². The van der Waals surface area contributed by atoms with Crippen LogP contribution in [0.25, 0.3) is 11.5 Å². The Balaban J connectivity index is 1.40. The van der Waals surface area contributed by atoms with Gasteiger partial charge in [-0.15, -0.1) is 0 Å². The molecule has 1 saturated heterocycles. The molecule has 3 heterocycles. The molecule has 2 aliphatic carbocycles. The summed E-state index contributed by atoms with van der Waals surface area (Å²) in [6.07, 6.45) is 14.1. The van der Waals surface area contributed by atoms with E-state index in [1.165, 1.54) is 51.4 Å². The highest BCUT2D eigenvalue weighted by molar-refractivity contribution is 5.70. The van der Waals surface area contributed by atoms with Crippen molar-refractivity contribution in [3.8, 4) is 11.5 Å².